The molecule has 100 valence electrons. The van der Waals surface area contributed by atoms with Crippen molar-refractivity contribution < 1.29 is 8.78 Å². The summed E-state index contributed by atoms with van der Waals surface area (Å²) in [5.74, 6) is -0.639. The van der Waals surface area contributed by atoms with Gasteiger partial charge in [-0.2, -0.15) is 0 Å². The van der Waals surface area contributed by atoms with Crippen LogP contribution in [0.2, 0.25) is 5.02 Å². The molecule has 0 fully saturated rings. The molecule has 0 amide bonds. The molecule has 2 N–H and O–H groups in total. The SMILES string of the molecule is NC(Cc1ccccc1F)Cc1ccc(F)cc1Cl. The van der Waals surface area contributed by atoms with Crippen LogP contribution in [0.1, 0.15) is 11.1 Å². The molecule has 0 bridgehead atoms. The molecule has 0 saturated carbocycles. The molecule has 2 rings (SSSR count). The zero-order valence-corrected chi connectivity index (χ0v) is 11.0. The number of hydrogen-bond donors (Lipinski definition) is 1. The van der Waals surface area contributed by atoms with Gasteiger partial charge in [-0.05, 0) is 42.2 Å². The Hall–Kier alpha value is -1.45. The van der Waals surface area contributed by atoms with Crippen molar-refractivity contribution in [2.24, 2.45) is 5.73 Å². The molecule has 1 unspecified atom stereocenters. The van der Waals surface area contributed by atoms with Crippen LogP contribution in [-0.4, -0.2) is 6.04 Å². The maximum Gasteiger partial charge on any atom is 0.126 e. The predicted molar refractivity (Wildman–Crippen MR) is 73.2 cm³/mol. The van der Waals surface area contributed by atoms with Crippen LogP contribution >= 0.6 is 11.6 Å². The first-order chi connectivity index (χ1) is 9.06. The van der Waals surface area contributed by atoms with E-state index in [9.17, 15) is 8.78 Å². The van der Waals surface area contributed by atoms with E-state index in [0.29, 0.717) is 23.4 Å². The molecule has 1 atom stereocenters. The molecule has 1 nitrogen and oxygen atoms in total. The number of hydrogen-bond acceptors (Lipinski definition) is 1. The highest BCUT2D eigenvalue weighted by atomic mass is 35.5. The van der Waals surface area contributed by atoms with Gasteiger partial charge in [0.15, 0.2) is 0 Å². The minimum Gasteiger partial charge on any atom is -0.327 e. The molecule has 4 heteroatoms. The van der Waals surface area contributed by atoms with Gasteiger partial charge in [-0.15, -0.1) is 0 Å². The van der Waals surface area contributed by atoms with Crippen molar-refractivity contribution in [3.05, 3.63) is 70.2 Å². The Morgan fingerprint density at radius 3 is 2.37 bits per heavy atom. The van der Waals surface area contributed by atoms with Crippen molar-refractivity contribution in [2.75, 3.05) is 0 Å². The minimum absolute atomic E-state index is 0.261. The fourth-order valence-electron chi connectivity index (χ4n) is 1.99. The van der Waals surface area contributed by atoms with E-state index >= 15 is 0 Å². The van der Waals surface area contributed by atoms with Gasteiger partial charge < -0.3 is 5.73 Å². The first-order valence-corrected chi connectivity index (χ1v) is 6.37. The molecule has 0 aliphatic rings. The maximum absolute atomic E-state index is 13.5. The summed E-state index contributed by atoms with van der Waals surface area (Å²) in [6.45, 7) is 0. The first-order valence-electron chi connectivity index (χ1n) is 5.99. The van der Waals surface area contributed by atoms with Crippen LogP contribution < -0.4 is 5.73 Å². The van der Waals surface area contributed by atoms with Gasteiger partial charge in [0.05, 0.1) is 0 Å². The molecule has 2 aromatic rings. The van der Waals surface area contributed by atoms with E-state index in [2.05, 4.69) is 0 Å². The second-order valence-electron chi connectivity index (χ2n) is 4.50. The molecule has 0 heterocycles. The lowest BCUT2D eigenvalue weighted by Crippen LogP contribution is -2.26. The number of benzene rings is 2. The van der Waals surface area contributed by atoms with Gasteiger partial charge in [0, 0.05) is 11.1 Å². The molecule has 19 heavy (non-hydrogen) atoms. The van der Waals surface area contributed by atoms with Crippen LogP contribution in [0.25, 0.3) is 0 Å². The normalized spacial score (nSPS) is 12.4. The van der Waals surface area contributed by atoms with Crippen LogP contribution in [0.15, 0.2) is 42.5 Å². The summed E-state index contributed by atoms with van der Waals surface area (Å²) < 4.78 is 26.4. The first kappa shape index (κ1) is 14.0. The van der Waals surface area contributed by atoms with Gasteiger partial charge >= 0.3 is 0 Å². The van der Waals surface area contributed by atoms with E-state index in [1.165, 1.54) is 18.2 Å². The molecule has 0 aliphatic heterocycles. The maximum atomic E-state index is 13.5. The Balaban J connectivity index is 2.05. The summed E-state index contributed by atoms with van der Waals surface area (Å²) in [5.41, 5.74) is 7.34. The van der Waals surface area contributed by atoms with Gasteiger partial charge in [-0.3, -0.25) is 0 Å². The third-order valence-corrected chi connectivity index (χ3v) is 3.29. The summed E-state index contributed by atoms with van der Waals surface area (Å²) in [5, 5.41) is 0.351. The molecule has 0 spiro atoms. The average Bonchev–Trinajstić information content (AvgIpc) is 2.36. The van der Waals surface area contributed by atoms with E-state index < -0.39 is 0 Å². The smallest absolute Gasteiger partial charge is 0.126 e. The largest absolute Gasteiger partial charge is 0.327 e. The average molecular weight is 282 g/mol. The van der Waals surface area contributed by atoms with Crippen molar-refractivity contribution in [3.8, 4) is 0 Å². The summed E-state index contributed by atoms with van der Waals surface area (Å²) in [6.07, 6.45) is 0.897. The van der Waals surface area contributed by atoms with Crippen LogP contribution in [-0.2, 0) is 12.8 Å². The summed E-state index contributed by atoms with van der Waals surface area (Å²) >= 11 is 5.94. The Morgan fingerprint density at radius 1 is 1.00 bits per heavy atom. The Morgan fingerprint density at radius 2 is 1.68 bits per heavy atom. The van der Waals surface area contributed by atoms with Crippen molar-refractivity contribution >= 4 is 11.6 Å². The Bertz CT molecular complexity index is 572. The third kappa shape index (κ3) is 3.75. The van der Waals surface area contributed by atoms with Crippen molar-refractivity contribution in [1.82, 2.24) is 0 Å². The fraction of sp³-hybridized carbons (Fsp3) is 0.200. The Labute approximate surface area is 116 Å². The zero-order valence-electron chi connectivity index (χ0n) is 10.2. The molecule has 2 aromatic carbocycles. The predicted octanol–water partition coefficient (Wildman–Crippen LogP) is 3.73. The van der Waals surface area contributed by atoms with Crippen LogP contribution in [0, 0.1) is 11.6 Å². The summed E-state index contributed by atoms with van der Waals surface area (Å²) in [6, 6.07) is 10.5. The lowest BCUT2D eigenvalue weighted by Gasteiger charge is -2.13. The van der Waals surface area contributed by atoms with Gasteiger partial charge in [0.2, 0.25) is 0 Å². The highest BCUT2D eigenvalue weighted by Crippen LogP contribution is 2.19. The second-order valence-corrected chi connectivity index (χ2v) is 4.90. The third-order valence-electron chi connectivity index (χ3n) is 2.94. The highest BCUT2D eigenvalue weighted by molar-refractivity contribution is 6.31. The van der Waals surface area contributed by atoms with Crippen LogP contribution in [0.5, 0.6) is 0 Å². The lowest BCUT2D eigenvalue weighted by atomic mass is 9.99. The number of halogens is 3. The molecule has 0 aromatic heterocycles. The second kappa shape index (κ2) is 6.13. The molecule has 0 saturated heterocycles. The van der Waals surface area contributed by atoms with E-state index in [0.717, 1.165) is 5.56 Å². The molecular formula is C15H14ClF2N. The van der Waals surface area contributed by atoms with Crippen LogP contribution in [0.3, 0.4) is 0 Å². The summed E-state index contributed by atoms with van der Waals surface area (Å²) in [4.78, 5) is 0. The van der Waals surface area contributed by atoms with E-state index in [4.69, 9.17) is 17.3 Å². The van der Waals surface area contributed by atoms with E-state index in [1.54, 1.807) is 24.3 Å². The van der Waals surface area contributed by atoms with Crippen molar-refractivity contribution in [1.29, 1.82) is 0 Å². The highest BCUT2D eigenvalue weighted by Gasteiger charge is 2.11. The topological polar surface area (TPSA) is 26.0 Å². The minimum atomic E-state index is -0.378. The van der Waals surface area contributed by atoms with Gasteiger partial charge in [0.25, 0.3) is 0 Å². The van der Waals surface area contributed by atoms with Gasteiger partial charge in [-0.25, -0.2) is 8.78 Å². The molecule has 0 radical (unpaired) electrons. The van der Waals surface area contributed by atoms with Crippen molar-refractivity contribution in [3.63, 3.8) is 0 Å². The van der Waals surface area contributed by atoms with Crippen molar-refractivity contribution in [2.45, 2.75) is 18.9 Å². The monoisotopic (exact) mass is 281 g/mol. The number of rotatable bonds is 4. The summed E-state index contributed by atoms with van der Waals surface area (Å²) in [7, 11) is 0. The quantitative estimate of drug-likeness (QED) is 0.908. The molecule has 0 aliphatic carbocycles. The lowest BCUT2D eigenvalue weighted by molar-refractivity contribution is 0.583. The standard InChI is InChI=1S/C15H14ClF2N/c16-14-9-12(17)6-5-10(14)7-13(19)8-11-3-1-2-4-15(11)18/h1-6,9,13H,7-8,19H2. The van der Waals surface area contributed by atoms with Gasteiger partial charge in [-0.1, -0.05) is 35.9 Å². The Kier molecular flexibility index (Phi) is 4.51. The van der Waals surface area contributed by atoms with E-state index in [1.807, 2.05) is 0 Å². The fourth-order valence-corrected chi connectivity index (χ4v) is 2.23. The number of nitrogens with two attached hydrogens (primary N) is 1. The molecular weight excluding hydrogens is 268 g/mol. The van der Waals surface area contributed by atoms with E-state index in [-0.39, 0.29) is 17.7 Å². The van der Waals surface area contributed by atoms with Crippen LogP contribution in [0.4, 0.5) is 8.78 Å². The van der Waals surface area contributed by atoms with Gasteiger partial charge in [0.1, 0.15) is 11.6 Å². The zero-order chi connectivity index (χ0) is 13.8.